The van der Waals surface area contributed by atoms with E-state index < -0.39 is 17.9 Å². The molecule has 2 unspecified atom stereocenters. The fourth-order valence-corrected chi connectivity index (χ4v) is 3.29. The van der Waals surface area contributed by atoms with Gasteiger partial charge in [-0.2, -0.15) is 0 Å². The zero-order valence-electron chi connectivity index (χ0n) is 15.9. The molecule has 1 saturated heterocycles. The minimum Gasteiger partial charge on any atom is -0.481 e. The lowest BCUT2D eigenvalue weighted by molar-refractivity contribution is -0.137. The van der Waals surface area contributed by atoms with Crippen molar-refractivity contribution < 1.29 is 19.5 Å². The lowest BCUT2D eigenvalue weighted by Crippen LogP contribution is -2.44. The van der Waals surface area contributed by atoms with Gasteiger partial charge in [0.25, 0.3) is 0 Å². The van der Waals surface area contributed by atoms with Gasteiger partial charge in [0, 0.05) is 30.1 Å². The first-order valence-corrected chi connectivity index (χ1v) is 9.21. The van der Waals surface area contributed by atoms with Gasteiger partial charge in [-0.15, -0.1) is 0 Å². The van der Waals surface area contributed by atoms with E-state index >= 15 is 0 Å². The molecule has 1 aliphatic rings. The maximum absolute atomic E-state index is 12.8. The van der Waals surface area contributed by atoms with E-state index in [2.05, 4.69) is 5.32 Å². The Morgan fingerprint density at radius 1 is 1.39 bits per heavy atom. The average molecular weight is 386 g/mol. The van der Waals surface area contributed by atoms with Gasteiger partial charge in [0.1, 0.15) is 5.84 Å². The zero-order chi connectivity index (χ0) is 20.7. The number of allylic oxidation sites excluding steroid dienone is 1. The first kappa shape index (κ1) is 21.1. The highest BCUT2D eigenvalue weighted by molar-refractivity contribution is 5.99. The SMILES string of the molecule is C/C=C\C(CC(=O)O)NC(=O)CC1CCCN(c2ccc(C(=N)N)cc2)C1=O. The number of nitrogen functional groups attached to an aromatic ring is 1. The number of anilines is 1. The largest absolute Gasteiger partial charge is 0.481 e. The number of nitrogens with zero attached hydrogens (tertiary/aromatic N) is 1. The molecule has 2 atom stereocenters. The molecule has 2 amide bonds. The quantitative estimate of drug-likeness (QED) is 0.306. The Bertz CT molecular complexity index is 773. The first-order valence-electron chi connectivity index (χ1n) is 9.21. The van der Waals surface area contributed by atoms with E-state index in [1.165, 1.54) is 0 Å². The molecule has 1 aliphatic heterocycles. The van der Waals surface area contributed by atoms with Crippen molar-refractivity contribution in [1.82, 2.24) is 5.32 Å². The maximum atomic E-state index is 12.8. The van der Waals surface area contributed by atoms with Gasteiger partial charge in [0.05, 0.1) is 12.5 Å². The minimum atomic E-state index is -1.00. The number of benzene rings is 1. The van der Waals surface area contributed by atoms with Crippen molar-refractivity contribution in [2.75, 3.05) is 11.4 Å². The predicted molar refractivity (Wildman–Crippen MR) is 106 cm³/mol. The van der Waals surface area contributed by atoms with Crippen LogP contribution in [0.2, 0.25) is 0 Å². The fourth-order valence-electron chi connectivity index (χ4n) is 3.29. The molecule has 8 nitrogen and oxygen atoms in total. The summed E-state index contributed by atoms with van der Waals surface area (Å²) in [6, 6.07) is 6.27. The van der Waals surface area contributed by atoms with Crippen molar-refractivity contribution in [2.24, 2.45) is 11.7 Å². The number of carboxylic acid groups (broad SMARTS) is 1. The van der Waals surface area contributed by atoms with Crippen LogP contribution in [-0.2, 0) is 14.4 Å². The molecule has 1 fully saturated rings. The molecule has 8 heteroatoms. The van der Waals surface area contributed by atoms with Crippen molar-refractivity contribution in [3.63, 3.8) is 0 Å². The molecular weight excluding hydrogens is 360 g/mol. The number of carbonyl (C=O) groups is 3. The molecule has 5 N–H and O–H groups in total. The van der Waals surface area contributed by atoms with Crippen LogP contribution in [0, 0.1) is 11.3 Å². The number of aliphatic carboxylic acids is 1. The van der Waals surface area contributed by atoms with Crippen LogP contribution in [0.15, 0.2) is 36.4 Å². The van der Waals surface area contributed by atoms with Gasteiger partial charge in [-0.05, 0) is 44.0 Å². The van der Waals surface area contributed by atoms with Gasteiger partial charge < -0.3 is 21.1 Å². The van der Waals surface area contributed by atoms with E-state index in [1.54, 1.807) is 48.2 Å². The molecule has 0 radical (unpaired) electrons. The summed E-state index contributed by atoms with van der Waals surface area (Å²) in [5.41, 5.74) is 6.74. The zero-order valence-corrected chi connectivity index (χ0v) is 15.9. The Kier molecular flexibility index (Phi) is 7.31. The molecule has 2 rings (SSSR count). The topological polar surface area (TPSA) is 137 Å². The van der Waals surface area contributed by atoms with Crippen LogP contribution in [-0.4, -0.2) is 41.3 Å². The number of nitrogens with two attached hydrogens (primary N) is 1. The normalized spacial score (nSPS) is 18.1. The third kappa shape index (κ3) is 5.67. The van der Waals surface area contributed by atoms with E-state index in [9.17, 15) is 14.4 Å². The lowest BCUT2D eigenvalue weighted by atomic mass is 9.92. The highest BCUT2D eigenvalue weighted by Gasteiger charge is 2.31. The standard InChI is InChI=1S/C20H26N4O4/c1-2-4-15(12-18(26)27)23-17(25)11-14-5-3-10-24(20(14)28)16-8-6-13(7-9-16)19(21)22/h2,4,6-9,14-15H,3,5,10-12H2,1H3,(H3,21,22)(H,23,25)(H,26,27)/b4-2-. The smallest absolute Gasteiger partial charge is 0.305 e. The number of piperidine rings is 1. The minimum absolute atomic E-state index is 0.0224. The number of hydrogen-bond donors (Lipinski definition) is 4. The number of hydrogen-bond acceptors (Lipinski definition) is 4. The molecule has 0 bridgehead atoms. The molecule has 1 heterocycles. The number of amidine groups is 1. The van der Waals surface area contributed by atoms with Crippen LogP contribution in [0.4, 0.5) is 5.69 Å². The van der Waals surface area contributed by atoms with Crippen LogP contribution in [0.25, 0.3) is 0 Å². The summed E-state index contributed by atoms with van der Waals surface area (Å²) in [4.78, 5) is 37.7. The van der Waals surface area contributed by atoms with Gasteiger partial charge >= 0.3 is 5.97 Å². The highest BCUT2D eigenvalue weighted by atomic mass is 16.4. The number of carbonyl (C=O) groups excluding carboxylic acids is 2. The molecule has 0 aromatic heterocycles. The van der Waals surface area contributed by atoms with E-state index in [1.807, 2.05) is 0 Å². The number of carboxylic acids is 1. The number of nitrogens with one attached hydrogen (secondary N) is 2. The van der Waals surface area contributed by atoms with Gasteiger partial charge in [-0.1, -0.05) is 12.2 Å². The predicted octanol–water partition coefficient (Wildman–Crippen LogP) is 1.64. The Balaban J connectivity index is 2.02. The Morgan fingerprint density at radius 2 is 2.07 bits per heavy atom. The lowest BCUT2D eigenvalue weighted by Gasteiger charge is -2.32. The number of rotatable bonds is 8. The van der Waals surface area contributed by atoms with E-state index in [0.717, 1.165) is 6.42 Å². The van der Waals surface area contributed by atoms with E-state index in [4.69, 9.17) is 16.2 Å². The summed E-state index contributed by atoms with van der Waals surface area (Å²) in [7, 11) is 0. The van der Waals surface area contributed by atoms with Crippen molar-refractivity contribution in [2.45, 2.75) is 38.6 Å². The second kappa shape index (κ2) is 9.68. The molecule has 1 aromatic rings. The first-order chi connectivity index (χ1) is 13.3. The molecule has 0 spiro atoms. The maximum Gasteiger partial charge on any atom is 0.305 e. The summed E-state index contributed by atoms with van der Waals surface area (Å²) in [6.07, 6.45) is 4.51. The van der Waals surface area contributed by atoms with Gasteiger partial charge in [0.15, 0.2) is 0 Å². The third-order valence-electron chi connectivity index (χ3n) is 4.64. The molecule has 28 heavy (non-hydrogen) atoms. The van der Waals surface area contributed by atoms with Gasteiger partial charge in [-0.25, -0.2) is 0 Å². The number of amides is 2. The Hall–Kier alpha value is -3.16. The molecule has 0 saturated carbocycles. The van der Waals surface area contributed by atoms with Crippen LogP contribution < -0.4 is 16.0 Å². The summed E-state index contributed by atoms with van der Waals surface area (Å²) < 4.78 is 0. The second-order valence-electron chi connectivity index (χ2n) is 6.79. The molecule has 0 aliphatic carbocycles. The summed E-state index contributed by atoms with van der Waals surface area (Å²) in [6.45, 7) is 2.32. The average Bonchev–Trinajstić information content (AvgIpc) is 2.63. The van der Waals surface area contributed by atoms with Crippen molar-refractivity contribution in [3.05, 3.63) is 42.0 Å². The molecular formula is C20H26N4O4. The van der Waals surface area contributed by atoms with Crippen LogP contribution in [0.5, 0.6) is 0 Å². The molecule has 150 valence electrons. The highest BCUT2D eigenvalue weighted by Crippen LogP contribution is 2.26. The third-order valence-corrected chi connectivity index (χ3v) is 4.64. The van der Waals surface area contributed by atoms with E-state index in [0.29, 0.717) is 24.2 Å². The van der Waals surface area contributed by atoms with Crippen LogP contribution in [0.1, 0.15) is 38.2 Å². The monoisotopic (exact) mass is 386 g/mol. The van der Waals surface area contributed by atoms with Crippen molar-refractivity contribution in [1.29, 1.82) is 5.41 Å². The Morgan fingerprint density at radius 3 is 2.64 bits per heavy atom. The fraction of sp³-hybridized carbons (Fsp3) is 0.400. The second-order valence-corrected chi connectivity index (χ2v) is 6.79. The summed E-state index contributed by atoms with van der Waals surface area (Å²) in [5, 5.41) is 19.0. The van der Waals surface area contributed by atoms with Gasteiger partial charge in [0.2, 0.25) is 11.8 Å². The van der Waals surface area contributed by atoms with Crippen LogP contribution >= 0.6 is 0 Å². The van der Waals surface area contributed by atoms with Gasteiger partial charge in [-0.3, -0.25) is 19.8 Å². The van der Waals surface area contributed by atoms with Crippen LogP contribution in [0.3, 0.4) is 0 Å². The summed E-state index contributed by atoms with van der Waals surface area (Å²) >= 11 is 0. The van der Waals surface area contributed by atoms with Crippen molar-refractivity contribution >= 4 is 29.3 Å². The van der Waals surface area contributed by atoms with Crippen molar-refractivity contribution in [3.8, 4) is 0 Å². The molecule has 1 aromatic carbocycles. The van der Waals surface area contributed by atoms with E-state index in [-0.39, 0.29) is 30.5 Å². The Labute approximate surface area is 163 Å². The summed E-state index contributed by atoms with van der Waals surface area (Å²) in [5.74, 6) is -1.95.